The predicted octanol–water partition coefficient (Wildman–Crippen LogP) is 3.83. The number of fused-ring (bicyclic) bond motifs is 1. The summed E-state index contributed by atoms with van der Waals surface area (Å²) < 4.78 is 30.2. The van der Waals surface area contributed by atoms with Crippen molar-refractivity contribution in [2.24, 2.45) is 0 Å². The quantitative estimate of drug-likeness (QED) is 0.772. The number of ether oxygens (including phenoxy) is 3. The zero-order valence-electron chi connectivity index (χ0n) is 15.9. The van der Waals surface area contributed by atoms with Crippen LogP contribution in [0.5, 0.6) is 17.2 Å². The van der Waals surface area contributed by atoms with Gasteiger partial charge in [0, 0.05) is 13.1 Å². The Kier molecular flexibility index (Phi) is 5.84. The lowest BCUT2D eigenvalue weighted by Gasteiger charge is -2.30. The molecule has 144 valence electrons. The molecule has 0 aromatic heterocycles. The highest BCUT2D eigenvalue weighted by atomic mass is 19.1. The second kappa shape index (κ2) is 8.29. The van der Waals surface area contributed by atoms with Gasteiger partial charge < -0.3 is 19.1 Å². The van der Waals surface area contributed by atoms with E-state index in [9.17, 15) is 9.18 Å². The largest absolute Gasteiger partial charge is 0.496 e. The molecule has 1 aliphatic rings. The molecule has 0 atom stereocenters. The van der Waals surface area contributed by atoms with E-state index in [-0.39, 0.29) is 11.5 Å². The fraction of sp³-hybridized carbons (Fsp3) is 0.381. The number of carbonyl (C=O) groups is 1. The van der Waals surface area contributed by atoms with E-state index < -0.39 is 5.82 Å². The lowest BCUT2D eigenvalue weighted by Crippen LogP contribution is -2.36. The third kappa shape index (κ3) is 3.99. The molecule has 0 spiro atoms. The Labute approximate surface area is 158 Å². The summed E-state index contributed by atoms with van der Waals surface area (Å²) in [5, 5.41) is 0. The zero-order valence-corrected chi connectivity index (χ0v) is 15.9. The normalized spacial score (nSPS) is 13.1. The summed E-state index contributed by atoms with van der Waals surface area (Å²) in [4.78, 5) is 14.6. The highest BCUT2D eigenvalue weighted by molar-refractivity contribution is 5.97. The van der Waals surface area contributed by atoms with Gasteiger partial charge in [-0.25, -0.2) is 4.39 Å². The molecule has 1 heterocycles. The molecule has 0 saturated heterocycles. The van der Waals surface area contributed by atoms with Crippen molar-refractivity contribution in [3.63, 3.8) is 0 Å². The lowest BCUT2D eigenvalue weighted by molar-refractivity contribution is 0.0730. The van der Waals surface area contributed by atoms with Crippen LogP contribution in [0, 0.1) is 5.82 Å². The molecule has 0 saturated carbocycles. The van der Waals surface area contributed by atoms with Crippen molar-refractivity contribution in [1.82, 2.24) is 4.90 Å². The van der Waals surface area contributed by atoms with E-state index >= 15 is 0 Å². The Balaban J connectivity index is 1.88. The lowest BCUT2D eigenvalue weighted by atomic mass is 9.98. The molecular formula is C21H24FNO4. The van der Waals surface area contributed by atoms with Gasteiger partial charge in [-0.1, -0.05) is 0 Å². The van der Waals surface area contributed by atoms with Crippen LogP contribution in [0.3, 0.4) is 0 Å². The molecule has 0 fully saturated rings. The van der Waals surface area contributed by atoms with E-state index in [0.717, 1.165) is 16.9 Å². The number of carbonyl (C=O) groups excluding carboxylic acids is 1. The molecule has 6 heteroatoms. The summed E-state index contributed by atoms with van der Waals surface area (Å²) in [5.41, 5.74) is 2.38. The third-order valence-corrected chi connectivity index (χ3v) is 4.56. The fourth-order valence-corrected chi connectivity index (χ4v) is 3.29. The molecule has 0 bridgehead atoms. The van der Waals surface area contributed by atoms with Gasteiger partial charge in [0.2, 0.25) is 0 Å². The van der Waals surface area contributed by atoms with Gasteiger partial charge in [0.05, 0.1) is 25.9 Å². The average molecular weight is 373 g/mol. The van der Waals surface area contributed by atoms with Gasteiger partial charge in [0.1, 0.15) is 11.6 Å². The second-order valence-electron chi connectivity index (χ2n) is 6.25. The Bertz CT molecular complexity index is 837. The van der Waals surface area contributed by atoms with Crippen LogP contribution in [0.25, 0.3) is 0 Å². The predicted molar refractivity (Wildman–Crippen MR) is 100 cm³/mol. The number of hydrogen-bond donors (Lipinski definition) is 0. The van der Waals surface area contributed by atoms with Crippen molar-refractivity contribution in [1.29, 1.82) is 0 Å². The van der Waals surface area contributed by atoms with Crippen LogP contribution < -0.4 is 14.2 Å². The number of halogens is 1. The minimum atomic E-state index is -0.462. The van der Waals surface area contributed by atoms with Crippen molar-refractivity contribution in [3.8, 4) is 17.2 Å². The number of methoxy groups -OCH3 is 1. The highest BCUT2D eigenvalue weighted by Crippen LogP contribution is 2.34. The van der Waals surface area contributed by atoms with E-state index in [1.54, 1.807) is 4.90 Å². The van der Waals surface area contributed by atoms with Crippen LogP contribution in [-0.4, -0.2) is 37.7 Å². The maximum atomic E-state index is 13.6. The molecule has 2 aromatic rings. The minimum Gasteiger partial charge on any atom is -0.496 e. The van der Waals surface area contributed by atoms with Gasteiger partial charge in [-0.15, -0.1) is 0 Å². The van der Waals surface area contributed by atoms with Crippen LogP contribution >= 0.6 is 0 Å². The van der Waals surface area contributed by atoms with E-state index in [4.69, 9.17) is 14.2 Å². The molecule has 1 amide bonds. The van der Waals surface area contributed by atoms with Crippen molar-refractivity contribution < 1.29 is 23.4 Å². The van der Waals surface area contributed by atoms with E-state index in [1.165, 1.54) is 25.3 Å². The van der Waals surface area contributed by atoms with Gasteiger partial charge >= 0.3 is 0 Å². The fourth-order valence-electron chi connectivity index (χ4n) is 3.29. The number of hydrogen-bond acceptors (Lipinski definition) is 4. The first-order valence-corrected chi connectivity index (χ1v) is 9.11. The average Bonchev–Trinajstić information content (AvgIpc) is 2.68. The highest BCUT2D eigenvalue weighted by Gasteiger charge is 2.26. The van der Waals surface area contributed by atoms with Crippen molar-refractivity contribution in [2.45, 2.75) is 26.8 Å². The van der Waals surface area contributed by atoms with Gasteiger partial charge in [0.15, 0.2) is 11.5 Å². The Morgan fingerprint density at radius 3 is 2.33 bits per heavy atom. The molecule has 1 aliphatic heterocycles. The molecule has 27 heavy (non-hydrogen) atoms. The van der Waals surface area contributed by atoms with Crippen LogP contribution in [0.1, 0.15) is 35.3 Å². The summed E-state index contributed by atoms with van der Waals surface area (Å²) in [7, 11) is 1.47. The standard InChI is InChI=1S/C21H24FNO4/c1-4-26-19-10-14-8-9-23(13-15(14)11-20(19)27-5-2)21(24)17-12-16(22)6-7-18(17)25-3/h6-7,10-12H,4-5,8-9,13H2,1-3H3. The minimum absolute atomic E-state index is 0.233. The number of rotatable bonds is 6. The monoisotopic (exact) mass is 373 g/mol. The van der Waals surface area contributed by atoms with Crippen LogP contribution in [0.4, 0.5) is 4.39 Å². The molecule has 0 unspecified atom stereocenters. The van der Waals surface area contributed by atoms with Crippen molar-refractivity contribution >= 4 is 5.91 Å². The van der Waals surface area contributed by atoms with Gasteiger partial charge in [-0.3, -0.25) is 4.79 Å². The van der Waals surface area contributed by atoms with Gasteiger partial charge in [0.25, 0.3) is 5.91 Å². The topological polar surface area (TPSA) is 48.0 Å². The summed E-state index contributed by atoms with van der Waals surface area (Å²) in [6.07, 6.45) is 0.700. The van der Waals surface area contributed by atoms with Crippen molar-refractivity contribution in [3.05, 3.63) is 52.8 Å². The molecule has 5 nitrogen and oxygen atoms in total. The number of amides is 1. The summed E-state index contributed by atoms with van der Waals surface area (Å²) in [6, 6.07) is 7.91. The maximum absolute atomic E-state index is 13.6. The van der Waals surface area contributed by atoms with Gasteiger partial charge in [-0.2, -0.15) is 0 Å². The van der Waals surface area contributed by atoms with Crippen LogP contribution in [0.15, 0.2) is 30.3 Å². The van der Waals surface area contributed by atoms with Gasteiger partial charge in [-0.05, 0) is 61.7 Å². The van der Waals surface area contributed by atoms with E-state index in [2.05, 4.69) is 0 Å². The summed E-state index contributed by atoms with van der Waals surface area (Å²) >= 11 is 0. The molecule has 3 rings (SSSR count). The van der Waals surface area contributed by atoms with Crippen LogP contribution in [0.2, 0.25) is 0 Å². The summed E-state index contributed by atoms with van der Waals surface area (Å²) in [6.45, 7) is 5.92. The third-order valence-electron chi connectivity index (χ3n) is 4.56. The van der Waals surface area contributed by atoms with Crippen molar-refractivity contribution in [2.75, 3.05) is 26.9 Å². The van der Waals surface area contributed by atoms with E-state index in [1.807, 2.05) is 26.0 Å². The van der Waals surface area contributed by atoms with E-state index in [0.29, 0.717) is 44.2 Å². The number of benzene rings is 2. The Morgan fingerprint density at radius 1 is 1.04 bits per heavy atom. The number of nitrogens with zero attached hydrogens (tertiary/aromatic N) is 1. The first-order valence-electron chi connectivity index (χ1n) is 9.11. The SMILES string of the molecule is CCOc1cc2c(cc1OCC)CN(C(=O)c1cc(F)ccc1OC)CC2. The Morgan fingerprint density at radius 2 is 1.70 bits per heavy atom. The van der Waals surface area contributed by atoms with Crippen LogP contribution in [-0.2, 0) is 13.0 Å². The summed E-state index contributed by atoms with van der Waals surface area (Å²) in [5.74, 6) is 1.06. The first-order chi connectivity index (χ1) is 13.1. The molecular weight excluding hydrogens is 349 g/mol. The second-order valence-corrected chi connectivity index (χ2v) is 6.25. The first kappa shape index (κ1) is 19.0. The Hall–Kier alpha value is -2.76. The molecule has 0 radical (unpaired) electrons. The molecule has 0 N–H and O–H groups in total. The molecule has 0 aliphatic carbocycles. The molecule has 2 aromatic carbocycles. The zero-order chi connectivity index (χ0) is 19.4. The smallest absolute Gasteiger partial charge is 0.258 e. The maximum Gasteiger partial charge on any atom is 0.258 e.